The molecule has 0 spiro atoms. The molecule has 1 aromatic carbocycles. The molecule has 1 unspecified atom stereocenters. The summed E-state index contributed by atoms with van der Waals surface area (Å²) in [7, 11) is 0. The monoisotopic (exact) mass is 345 g/mol. The number of morpholine rings is 1. The Hall–Kier alpha value is -1.92. The van der Waals surface area contributed by atoms with E-state index in [1.807, 2.05) is 41.8 Å². The summed E-state index contributed by atoms with van der Waals surface area (Å²) in [6.07, 6.45) is 1.78. The molecule has 1 atom stereocenters. The lowest BCUT2D eigenvalue weighted by Gasteiger charge is -2.32. The predicted molar refractivity (Wildman–Crippen MR) is 96.5 cm³/mol. The molecular formula is C19H27N3O3. The summed E-state index contributed by atoms with van der Waals surface area (Å²) in [5.74, 6) is 0.0794. The number of carbonyl (C=O) groups excluding carboxylic acids is 2. The molecule has 2 aliphatic rings. The number of benzene rings is 1. The van der Waals surface area contributed by atoms with Gasteiger partial charge in [0.25, 0.3) is 0 Å². The molecule has 1 aromatic rings. The van der Waals surface area contributed by atoms with Gasteiger partial charge in [0.2, 0.25) is 11.8 Å². The molecule has 6 nitrogen and oxygen atoms in total. The minimum atomic E-state index is -0.178. The van der Waals surface area contributed by atoms with Crippen molar-refractivity contribution in [1.29, 1.82) is 0 Å². The van der Waals surface area contributed by atoms with Gasteiger partial charge in [0, 0.05) is 18.8 Å². The second-order valence-corrected chi connectivity index (χ2v) is 6.86. The van der Waals surface area contributed by atoms with Crippen molar-refractivity contribution < 1.29 is 14.3 Å². The van der Waals surface area contributed by atoms with E-state index in [2.05, 4.69) is 5.32 Å². The third-order valence-electron chi connectivity index (χ3n) is 5.20. The van der Waals surface area contributed by atoms with Crippen LogP contribution in [0.4, 0.5) is 5.69 Å². The van der Waals surface area contributed by atoms with E-state index in [0.717, 1.165) is 36.2 Å². The van der Waals surface area contributed by atoms with Gasteiger partial charge in [-0.3, -0.25) is 14.5 Å². The zero-order valence-electron chi connectivity index (χ0n) is 15.1. The van der Waals surface area contributed by atoms with Gasteiger partial charge in [0.05, 0.1) is 25.8 Å². The average molecular weight is 345 g/mol. The van der Waals surface area contributed by atoms with Gasteiger partial charge in [0.1, 0.15) is 0 Å². The lowest BCUT2D eigenvalue weighted by atomic mass is 10.1. The van der Waals surface area contributed by atoms with E-state index in [9.17, 15) is 9.59 Å². The zero-order valence-corrected chi connectivity index (χ0v) is 15.1. The largest absolute Gasteiger partial charge is 0.378 e. The van der Waals surface area contributed by atoms with E-state index < -0.39 is 0 Å². The lowest BCUT2D eigenvalue weighted by Crippen LogP contribution is -2.50. The van der Waals surface area contributed by atoms with Gasteiger partial charge >= 0.3 is 0 Å². The van der Waals surface area contributed by atoms with Crippen molar-refractivity contribution in [3.05, 3.63) is 29.3 Å². The number of carbonyl (C=O) groups is 2. The fourth-order valence-corrected chi connectivity index (χ4v) is 3.55. The van der Waals surface area contributed by atoms with Crippen LogP contribution in [0.15, 0.2) is 18.2 Å². The third-order valence-corrected chi connectivity index (χ3v) is 5.20. The van der Waals surface area contributed by atoms with Crippen molar-refractivity contribution in [2.45, 2.75) is 32.7 Å². The molecule has 2 fully saturated rings. The Bertz CT molecular complexity index is 641. The Balaban J connectivity index is 1.60. The smallest absolute Gasteiger partial charge is 0.240 e. The highest BCUT2D eigenvalue weighted by atomic mass is 16.5. The highest BCUT2D eigenvalue weighted by Gasteiger charge is 2.35. The number of aryl methyl sites for hydroxylation is 1. The highest BCUT2D eigenvalue weighted by Crippen LogP contribution is 2.21. The molecule has 2 heterocycles. The molecule has 0 saturated carbocycles. The Morgan fingerprint density at radius 2 is 1.96 bits per heavy atom. The van der Waals surface area contributed by atoms with Crippen molar-refractivity contribution in [2.75, 3.05) is 44.7 Å². The highest BCUT2D eigenvalue weighted by molar-refractivity contribution is 5.93. The van der Waals surface area contributed by atoms with Gasteiger partial charge < -0.3 is 15.0 Å². The molecule has 3 rings (SSSR count). The van der Waals surface area contributed by atoms with Crippen LogP contribution in [0.5, 0.6) is 0 Å². The summed E-state index contributed by atoms with van der Waals surface area (Å²) in [5, 5.41) is 2.99. The topological polar surface area (TPSA) is 61.9 Å². The van der Waals surface area contributed by atoms with E-state index in [-0.39, 0.29) is 24.4 Å². The first-order valence-electron chi connectivity index (χ1n) is 9.03. The van der Waals surface area contributed by atoms with E-state index in [4.69, 9.17) is 4.74 Å². The third kappa shape index (κ3) is 4.19. The number of rotatable bonds is 4. The van der Waals surface area contributed by atoms with Crippen LogP contribution in [0.3, 0.4) is 0 Å². The van der Waals surface area contributed by atoms with Crippen LogP contribution in [0, 0.1) is 13.8 Å². The molecule has 0 radical (unpaired) electrons. The maximum Gasteiger partial charge on any atom is 0.240 e. The summed E-state index contributed by atoms with van der Waals surface area (Å²) in [5.41, 5.74) is 3.08. The Morgan fingerprint density at radius 3 is 2.72 bits per heavy atom. The van der Waals surface area contributed by atoms with Crippen LogP contribution in [-0.2, 0) is 14.3 Å². The SMILES string of the molecule is Cc1cccc(NC(=O)CN2CCCC2C(=O)N2CCOCC2)c1C. The van der Waals surface area contributed by atoms with E-state index in [1.165, 1.54) is 0 Å². The van der Waals surface area contributed by atoms with Gasteiger partial charge in [-0.15, -0.1) is 0 Å². The summed E-state index contributed by atoms with van der Waals surface area (Å²) in [6.45, 7) is 7.59. The number of anilines is 1. The molecule has 25 heavy (non-hydrogen) atoms. The number of hydrogen-bond acceptors (Lipinski definition) is 4. The molecule has 0 aromatic heterocycles. The maximum absolute atomic E-state index is 12.7. The minimum Gasteiger partial charge on any atom is -0.378 e. The zero-order chi connectivity index (χ0) is 17.8. The van der Waals surface area contributed by atoms with Crippen molar-refractivity contribution in [3.8, 4) is 0 Å². The fourth-order valence-electron chi connectivity index (χ4n) is 3.55. The summed E-state index contributed by atoms with van der Waals surface area (Å²) < 4.78 is 5.32. The molecule has 1 N–H and O–H groups in total. The molecule has 136 valence electrons. The van der Waals surface area contributed by atoms with Crippen LogP contribution in [0.25, 0.3) is 0 Å². The number of hydrogen-bond donors (Lipinski definition) is 1. The number of nitrogens with one attached hydrogen (secondary N) is 1. The molecule has 0 bridgehead atoms. The first-order valence-corrected chi connectivity index (χ1v) is 9.03. The summed E-state index contributed by atoms with van der Waals surface area (Å²) >= 11 is 0. The van der Waals surface area contributed by atoms with E-state index in [1.54, 1.807) is 0 Å². The number of amides is 2. The molecule has 2 aliphatic heterocycles. The van der Waals surface area contributed by atoms with Gasteiger partial charge in [-0.2, -0.15) is 0 Å². The Kier molecular flexibility index (Phi) is 5.71. The molecule has 2 saturated heterocycles. The van der Waals surface area contributed by atoms with Crippen LogP contribution in [-0.4, -0.2) is 67.0 Å². The molecule has 0 aliphatic carbocycles. The lowest BCUT2D eigenvalue weighted by molar-refractivity contribution is -0.140. The summed E-state index contributed by atoms with van der Waals surface area (Å²) in [6, 6.07) is 5.71. The van der Waals surface area contributed by atoms with Gasteiger partial charge in [-0.05, 0) is 50.4 Å². The fraction of sp³-hybridized carbons (Fsp3) is 0.579. The standard InChI is InChI=1S/C19H27N3O3/c1-14-5-3-6-16(15(14)2)20-18(23)13-22-8-4-7-17(22)19(24)21-9-11-25-12-10-21/h3,5-6,17H,4,7-13H2,1-2H3,(H,20,23). The van der Waals surface area contributed by atoms with E-state index in [0.29, 0.717) is 26.3 Å². The van der Waals surface area contributed by atoms with Crippen molar-refractivity contribution in [3.63, 3.8) is 0 Å². The van der Waals surface area contributed by atoms with Crippen LogP contribution in [0.1, 0.15) is 24.0 Å². The Morgan fingerprint density at radius 1 is 1.20 bits per heavy atom. The van der Waals surface area contributed by atoms with Gasteiger partial charge in [0.15, 0.2) is 0 Å². The molecular weight excluding hydrogens is 318 g/mol. The van der Waals surface area contributed by atoms with Gasteiger partial charge in [-0.1, -0.05) is 12.1 Å². The average Bonchev–Trinajstić information content (AvgIpc) is 3.07. The number of ether oxygens (including phenoxy) is 1. The predicted octanol–water partition coefficient (Wildman–Crippen LogP) is 1.57. The quantitative estimate of drug-likeness (QED) is 0.900. The van der Waals surface area contributed by atoms with Crippen molar-refractivity contribution in [1.82, 2.24) is 9.80 Å². The minimum absolute atomic E-state index is 0.0598. The first kappa shape index (κ1) is 17.9. The normalized spacial score (nSPS) is 21.4. The van der Waals surface area contributed by atoms with Gasteiger partial charge in [-0.25, -0.2) is 0 Å². The van der Waals surface area contributed by atoms with Crippen LogP contribution in [0.2, 0.25) is 0 Å². The molecule has 2 amide bonds. The second-order valence-electron chi connectivity index (χ2n) is 6.86. The maximum atomic E-state index is 12.7. The van der Waals surface area contributed by atoms with E-state index >= 15 is 0 Å². The second kappa shape index (κ2) is 7.97. The number of likely N-dealkylation sites (tertiary alicyclic amines) is 1. The van der Waals surface area contributed by atoms with Crippen molar-refractivity contribution in [2.24, 2.45) is 0 Å². The number of nitrogens with zero attached hydrogens (tertiary/aromatic N) is 2. The summed E-state index contributed by atoms with van der Waals surface area (Å²) in [4.78, 5) is 29.1. The van der Waals surface area contributed by atoms with Crippen molar-refractivity contribution >= 4 is 17.5 Å². The van der Waals surface area contributed by atoms with Crippen LogP contribution >= 0.6 is 0 Å². The first-order chi connectivity index (χ1) is 12.1. The Labute approximate surface area is 149 Å². The van der Waals surface area contributed by atoms with Crippen LogP contribution < -0.4 is 5.32 Å². The molecule has 6 heteroatoms.